The molecule has 0 unspecified atom stereocenters. The van der Waals surface area contributed by atoms with Gasteiger partial charge in [0, 0.05) is 45.0 Å². The maximum absolute atomic E-state index is 8.96. The predicted molar refractivity (Wildman–Crippen MR) is 74.8 cm³/mol. The molecular weight excluding hydrogens is 226 g/mol. The Hall–Kier alpha value is -1.10. The van der Waals surface area contributed by atoms with Crippen LogP contribution >= 0.6 is 0 Å². The fraction of sp³-hybridized carbons (Fsp3) is 0.571. The second-order valence-corrected chi connectivity index (χ2v) is 4.84. The number of para-hydroxylation sites is 1. The molecule has 1 fully saturated rings. The molecule has 2 rings (SSSR count). The number of rotatable bonds is 4. The molecule has 1 aromatic rings. The molecule has 0 bridgehead atoms. The largest absolute Gasteiger partial charge is 0.395 e. The van der Waals surface area contributed by atoms with Crippen molar-refractivity contribution in [2.75, 3.05) is 44.2 Å². The van der Waals surface area contributed by atoms with Crippen molar-refractivity contribution < 1.29 is 5.11 Å². The quantitative estimate of drug-likeness (QED) is 0.819. The van der Waals surface area contributed by atoms with Gasteiger partial charge in [0.05, 0.1) is 6.61 Å². The fourth-order valence-electron chi connectivity index (χ4n) is 2.67. The van der Waals surface area contributed by atoms with Gasteiger partial charge in [0.2, 0.25) is 0 Å². The van der Waals surface area contributed by atoms with Gasteiger partial charge < -0.3 is 15.7 Å². The smallest absolute Gasteiger partial charge is 0.0558 e. The van der Waals surface area contributed by atoms with E-state index in [1.54, 1.807) is 0 Å². The van der Waals surface area contributed by atoms with Gasteiger partial charge in [-0.15, -0.1) is 0 Å². The van der Waals surface area contributed by atoms with Crippen molar-refractivity contribution >= 4 is 5.69 Å². The third-order valence-electron chi connectivity index (χ3n) is 3.65. The summed E-state index contributed by atoms with van der Waals surface area (Å²) < 4.78 is 0. The van der Waals surface area contributed by atoms with Gasteiger partial charge >= 0.3 is 0 Å². The minimum atomic E-state index is 0.248. The predicted octanol–water partition coefficient (Wildman–Crippen LogP) is 0.568. The number of aliphatic hydroxyl groups excluding tert-OH is 1. The van der Waals surface area contributed by atoms with E-state index in [4.69, 9.17) is 10.8 Å². The Balaban J connectivity index is 2.09. The lowest BCUT2D eigenvalue weighted by atomic mass is 10.1. The molecule has 1 aliphatic rings. The first-order chi connectivity index (χ1) is 8.76. The standard InChI is InChI=1S/C14H23N3O/c1-12-3-2-4-13(11-15)14(12)17-7-5-16(6-8-17)9-10-18/h2-4,18H,5-11,15H2,1H3. The van der Waals surface area contributed by atoms with E-state index < -0.39 is 0 Å². The van der Waals surface area contributed by atoms with Crippen molar-refractivity contribution in [3.8, 4) is 0 Å². The number of anilines is 1. The first kappa shape index (κ1) is 13.3. The molecule has 18 heavy (non-hydrogen) atoms. The maximum Gasteiger partial charge on any atom is 0.0558 e. The van der Waals surface area contributed by atoms with Crippen LogP contribution in [0.4, 0.5) is 5.69 Å². The molecule has 100 valence electrons. The van der Waals surface area contributed by atoms with Crippen LogP contribution in [-0.2, 0) is 6.54 Å². The molecular formula is C14H23N3O. The molecule has 3 N–H and O–H groups in total. The third-order valence-corrected chi connectivity index (χ3v) is 3.65. The van der Waals surface area contributed by atoms with Gasteiger partial charge in [-0.3, -0.25) is 4.90 Å². The Morgan fingerprint density at radius 1 is 1.22 bits per heavy atom. The molecule has 0 radical (unpaired) electrons. The molecule has 0 spiro atoms. The SMILES string of the molecule is Cc1cccc(CN)c1N1CCN(CCO)CC1. The average Bonchev–Trinajstić information content (AvgIpc) is 2.40. The van der Waals surface area contributed by atoms with Crippen molar-refractivity contribution in [2.45, 2.75) is 13.5 Å². The molecule has 1 aromatic carbocycles. The summed E-state index contributed by atoms with van der Waals surface area (Å²) in [6.45, 7) is 7.82. The number of hydrogen-bond acceptors (Lipinski definition) is 4. The molecule has 0 aromatic heterocycles. The Labute approximate surface area is 109 Å². The lowest BCUT2D eigenvalue weighted by Crippen LogP contribution is -2.47. The zero-order valence-corrected chi connectivity index (χ0v) is 11.1. The van der Waals surface area contributed by atoms with E-state index in [0.717, 1.165) is 32.7 Å². The third kappa shape index (κ3) is 2.83. The number of β-amino-alcohol motifs (C(OH)–C–C–N with tert-alkyl or cyclic N) is 1. The Morgan fingerprint density at radius 3 is 2.56 bits per heavy atom. The summed E-state index contributed by atoms with van der Waals surface area (Å²) in [6.07, 6.45) is 0. The van der Waals surface area contributed by atoms with Crippen molar-refractivity contribution in [3.63, 3.8) is 0 Å². The monoisotopic (exact) mass is 249 g/mol. The van der Waals surface area contributed by atoms with E-state index in [0.29, 0.717) is 6.54 Å². The number of nitrogens with two attached hydrogens (primary N) is 1. The van der Waals surface area contributed by atoms with Crippen LogP contribution in [0.2, 0.25) is 0 Å². The van der Waals surface area contributed by atoms with Crippen LogP contribution in [-0.4, -0.2) is 49.3 Å². The number of aliphatic hydroxyl groups is 1. The first-order valence-electron chi connectivity index (χ1n) is 6.63. The highest BCUT2D eigenvalue weighted by Crippen LogP contribution is 2.25. The van der Waals surface area contributed by atoms with E-state index in [1.165, 1.54) is 16.8 Å². The van der Waals surface area contributed by atoms with E-state index >= 15 is 0 Å². The summed E-state index contributed by atoms with van der Waals surface area (Å²) in [5, 5.41) is 8.96. The van der Waals surface area contributed by atoms with E-state index in [2.05, 4.69) is 34.9 Å². The molecule has 0 saturated carbocycles. The van der Waals surface area contributed by atoms with Crippen LogP contribution in [0.15, 0.2) is 18.2 Å². The second-order valence-electron chi connectivity index (χ2n) is 4.84. The number of benzene rings is 1. The number of hydrogen-bond donors (Lipinski definition) is 2. The summed E-state index contributed by atoms with van der Waals surface area (Å²) >= 11 is 0. The molecule has 0 aliphatic carbocycles. The summed E-state index contributed by atoms with van der Waals surface area (Å²) in [4.78, 5) is 4.72. The molecule has 1 saturated heterocycles. The van der Waals surface area contributed by atoms with Crippen LogP contribution < -0.4 is 10.6 Å². The minimum Gasteiger partial charge on any atom is -0.395 e. The van der Waals surface area contributed by atoms with Gasteiger partial charge in [0.25, 0.3) is 0 Å². The molecule has 0 amide bonds. The number of piperazine rings is 1. The van der Waals surface area contributed by atoms with Gasteiger partial charge in [0.1, 0.15) is 0 Å². The van der Waals surface area contributed by atoms with Crippen LogP contribution in [0, 0.1) is 6.92 Å². The summed E-state index contributed by atoms with van der Waals surface area (Å²) in [5.74, 6) is 0. The van der Waals surface area contributed by atoms with Gasteiger partial charge in [-0.2, -0.15) is 0 Å². The minimum absolute atomic E-state index is 0.248. The van der Waals surface area contributed by atoms with Gasteiger partial charge in [-0.25, -0.2) is 0 Å². The van der Waals surface area contributed by atoms with E-state index in [-0.39, 0.29) is 6.61 Å². The van der Waals surface area contributed by atoms with Crippen LogP contribution in [0.1, 0.15) is 11.1 Å². The highest BCUT2D eigenvalue weighted by molar-refractivity contribution is 5.59. The average molecular weight is 249 g/mol. The fourth-order valence-corrected chi connectivity index (χ4v) is 2.67. The van der Waals surface area contributed by atoms with E-state index in [1.807, 2.05) is 0 Å². The molecule has 1 heterocycles. The molecule has 4 heteroatoms. The number of nitrogens with zero attached hydrogens (tertiary/aromatic N) is 2. The lowest BCUT2D eigenvalue weighted by molar-refractivity contribution is 0.188. The topological polar surface area (TPSA) is 52.7 Å². The van der Waals surface area contributed by atoms with E-state index in [9.17, 15) is 0 Å². The maximum atomic E-state index is 8.96. The second kappa shape index (κ2) is 6.18. The Morgan fingerprint density at radius 2 is 1.94 bits per heavy atom. The Bertz CT molecular complexity index is 387. The van der Waals surface area contributed by atoms with Crippen molar-refractivity contribution in [3.05, 3.63) is 29.3 Å². The van der Waals surface area contributed by atoms with Crippen LogP contribution in [0.25, 0.3) is 0 Å². The molecule has 4 nitrogen and oxygen atoms in total. The van der Waals surface area contributed by atoms with Crippen molar-refractivity contribution in [1.29, 1.82) is 0 Å². The zero-order chi connectivity index (χ0) is 13.0. The molecule has 1 aliphatic heterocycles. The summed E-state index contributed by atoms with van der Waals surface area (Å²) in [7, 11) is 0. The molecule has 0 atom stereocenters. The Kier molecular flexibility index (Phi) is 4.58. The highest BCUT2D eigenvalue weighted by Gasteiger charge is 2.19. The van der Waals surface area contributed by atoms with Crippen LogP contribution in [0.3, 0.4) is 0 Å². The van der Waals surface area contributed by atoms with Crippen molar-refractivity contribution in [1.82, 2.24) is 4.90 Å². The first-order valence-corrected chi connectivity index (χ1v) is 6.63. The lowest BCUT2D eigenvalue weighted by Gasteiger charge is -2.37. The zero-order valence-electron chi connectivity index (χ0n) is 11.1. The number of aryl methyl sites for hydroxylation is 1. The van der Waals surface area contributed by atoms with Gasteiger partial charge in [0.15, 0.2) is 0 Å². The van der Waals surface area contributed by atoms with Gasteiger partial charge in [-0.1, -0.05) is 18.2 Å². The van der Waals surface area contributed by atoms with Crippen LogP contribution in [0.5, 0.6) is 0 Å². The van der Waals surface area contributed by atoms with Gasteiger partial charge in [-0.05, 0) is 18.1 Å². The normalized spacial score (nSPS) is 17.2. The summed E-state index contributed by atoms with van der Waals surface area (Å²) in [6, 6.07) is 6.33. The van der Waals surface area contributed by atoms with Crippen molar-refractivity contribution in [2.24, 2.45) is 5.73 Å². The summed E-state index contributed by atoms with van der Waals surface area (Å²) in [5.41, 5.74) is 9.67. The highest BCUT2D eigenvalue weighted by atomic mass is 16.3.